The first-order valence-electron chi connectivity index (χ1n) is 3.20. The Balaban J connectivity index is 2.92. The summed E-state index contributed by atoms with van der Waals surface area (Å²) in [7, 11) is 1.67. The van der Waals surface area contributed by atoms with Crippen LogP contribution in [0.1, 0.15) is 5.56 Å². The molecule has 0 fully saturated rings. The molecule has 1 rings (SSSR count). The Morgan fingerprint density at radius 3 is 2.73 bits per heavy atom. The predicted octanol–water partition coefficient (Wildman–Crippen LogP) is 1.57. The molecule has 0 bridgehead atoms. The van der Waals surface area contributed by atoms with Gasteiger partial charge in [0.2, 0.25) is 0 Å². The van der Waals surface area contributed by atoms with Crippen LogP contribution in [0.5, 0.6) is 0 Å². The van der Waals surface area contributed by atoms with Gasteiger partial charge in [0, 0.05) is 7.05 Å². The average molecular weight is 170 g/mol. The van der Waals surface area contributed by atoms with Gasteiger partial charge in [-0.1, -0.05) is 0 Å². The molecule has 1 aromatic heterocycles. The van der Waals surface area contributed by atoms with E-state index in [2.05, 4.69) is 0 Å². The van der Waals surface area contributed by atoms with E-state index in [1.54, 1.807) is 7.05 Å². The van der Waals surface area contributed by atoms with Crippen molar-refractivity contribution in [3.63, 3.8) is 0 Å². The van der Waals surface area contributed by atoms with Gasteiger partial charge in [-0.2, -0.15) is 0 Å². The van der Waals surface area contributed by atoms with Gasteiger partial charge in [0.15, 0.2) is 0 Å². The lowest BCUT2D eigenvalue weighted by Gasteiger charge is -2.12. The van der Waals surface area contributed by atoms with Crippen LogP contribution in [0.25, 0.3) is 0 Å². The summed E-state index contributed by atoms with van der Waals surface area (Å²) >= 11 is 1.51. The second-order valence-corrected chi connectivity index (χ2v) is 3.20. The molecule has 0 saturated carbocycles. The van der Waals surface area contributed by atoms with Gasteiger partial charge in [0.1, 0.15) is 5.00 Å². The van der Waals surface area contributed by atoms with Crippen LogP contribution in [0.2, 0.25) is 0 Å². The van der Waals surface area contributed by atoms with Gasteiger partial charge in [-0.15, -0.1) is 11.3 Å². The van der Waals surface area contributed by atoms with Crippen molar-refractivity contribution in [3.05, 3.63) is 17.0 Å². The molecule has 2 amide bonds. The number of urea groups is 1. The molecule has 1 aromatic rings. The molecule has 0 aliphatic rings. The third-order valence-electron chi connectivity index (χ3n) is 1.47. The third-order valence-corrected chi connectivity index (χ3v) is 2.56. The highest BCUT2D eigenvalue weighted by atomic mass is 32.1. The highest BCUT2D eigenvalue weighted by Gasteiger charge is 2.09. The predicted molar refractivity (Wildman–Crippen MR) is 47.0 cm³/mol. The number of anilines is 1. The largest absolute Gasteiger partial charge is 0.351 e. The highest BCUT2D eigenvalue weighted by molar-refractivity contribution is 7.14. The van der Waals surface area contributed by atoms with Crippen molar-refractivity contribution in [2.75, 3.05) is 11.9 Å². The lowest BCUT2D eigenvalue weighted by Crippen LogP contribution is -2.31. The van der Waals surface area contributed by atoms with Crippen molar-refractivity contribution in [2.24, 2.45) is 5.73 Å². The zero-order valence-corrected chi connectivity index (χ0v) is 7.31. The molecule has 0 radical (unpaired) electrons. The Morgan fingerprint density at radius 1 is 1.73 bits per heavy atom. The van der Waals surface area contributed by atoms with Crippen LogP contribution in [-0.2, 0) is 0 Å². The summed E-state index contributed by atoms with van der Waals surface area (Å²) < 4.78 is 0. The minimum atomic E-state index is -0.421. The molecule has 2 N–H and O–H groups in total. The Bertz CT molecular complexity index is 269. The quantitative estimate of drug-likeness (QED) is 0.683. The van der Waals surface area contributed by atoms with Gasteiger partial charge >= 0.3 is 6.03 Å². The molecule has 4 heteroatoms. The summed E-state index contributed by atoms with van der Waals surface area (Å²) in [6.45, 7) is 1.95. The summed E-state index contributed by atoms with van der Waals surface area (Å²) in [5.41, 5.74) is 6.17. The molecule has 11 heavy (non-hydrogen) atoms. The van der Waals surface area contributed by atoms with Gasteiger partial charge in [-0.05, 0) is 23.9 Å². The highest BCUT2D eigenvalue weighted by Crippen LogP contribution is 2.25. The summed E-state index contributed by atoms with van der Waals surface area (Å²) in [6.07, 6.45) is 0. The first kappa shape index (κ1) is 8.07. The number of amides is 2. The van der Waals surface area contributed by atoms with E-state index < -0.39 is 6.03 Å². The van der Waals surface area contributed by atoms with Crippen LogP contribution in [0, 0.1) is 6.92 Å². The summed E-state index contributed by atoms with van der Waals surface area (Å²) in [5, 5.41) is 2.85. The lowest BCUT2D eigenvalue weighted by atomic mass is 10.3. The normalized spacial score (nSPS) is 9.64. The maximum atomic E-state index is 10.7. The van der Waals surface area contributed by atoms with Crippen LogP contribution < -0.4 is 10.6 Å². The maximum absolute atomic E-state index is 10.7. The third kappa shape index (κ3) is 1.51. The molecule has 0 unspecified atom stereocenters. The number of carbonyl (C=O) groups is 1. The van der Waals surface area contributed by atoms with Crippen LogP contribution in [0.15, 0.2) is 11.4 Å². The Labute approximate surface area is 69.4 Å². The number of thiophene rings is 1. The number of hydrogen-bond acceptors (Lipinski definition) is 2. The first-order chi connectivity index (χ1) is 5.13. The summed E-state index contributed by atoms with van der Waals surface area (Å²) in [6, 6.07) is 1.54. The van der Waals surface area contributed by atoms with Gasteiger partial charge in [0.25, 0.3) is 0 Å². The molecule has 0 aliphatic carbocycles. The minimum absolute atomic E-state index is 0.421. The van der Waals surface area contributed by atoms with E-state index in [4.69, 9.17) is 5.73 Å². The number of nitrogens with two attached hydrogens (primary N) is 1. The van der Waals surface area contributed by atoms with Gasteiger partial charge in [-0.25, -0.2) is 4.79 Å². The van der Waals surface area contributed by atoms with Gasteiger partial charge in [0.05, 0.1) is 0 Å². The van der Waals surface area contributed by atoms with Gasteiger partial charge in [-0.3, -0.25) is 4.90 Å². The van der Waals surface area contributed by atoms with E-state index in [9.17, 15) is 4.79 Å². The molecule has 0 saturated heterocycles. The summed E-state index contributed by atoms with van der Waals surface area (Å²) in [4.78, 5) is 12.1. The van der Waals surface area contributed by atoms with E-state index in [-0.39, 0.29) is 0 Å². The van der Waals surface area contributed by atoms with Crippen LogP contribution >= 0.6 is 11.3 Å². The van der Waals surface area contributed by atoms with Crippen molar-refractivity contribution in [1.29, 1.82) is 0 Å². The maximum Gasteiger partial charge on any atom is 0.319 e. The molecule has 1 heterocycles. The van der Waals surface area contributed by atoms with E-state index in [1.165, 1.54) is 16.2 Å². The number of carbonyl (C=O) groups excluding carboxylic acids is 1. The van der Waals surface area contributed by atoms with E-state index in [0.717, 1.165) is 10.6 Å². The van der Waals surface area contributed by atoms with Crippen molar-refractivity contribution >= 4 is 22.4 Å². The zero-order chi connectivity index (χ0) is 8.43. The Hall–Kier alpha value is -1.03. The molecular weight excluding hydrogens is 160 g/mol. The molecule has 0 spiro atoms. The number of rotatable bonds is 1. The van der Waals surface area contributed by atoms with E-state index in [1.807, 2.05) is 18.4 Å². The first-order valence-corrected chi connectivity index (χ1v) is 4.08. The lowest BCUT2D eigenvalue weighted by molar-refractivity contribution is 0.255. The fraction of sp³-hybridized carbons (Fsp3) is 0.286. The van der Waals surface area contributed by atoms with Gasteiger partial charge < -0.3 is 5.73 Å². The minimum Gasteiger partial charge on any atom is -0.351 e. The van der Waals surface area contributed by atoms with Crippen molar-refractivity contribution in [3.8, 4) is 0 Å². The molecule has 0 aliphatic heterocycles. The van der Waals surface area contributed by atoms with Crippen molar-refractivity contribution in [2.45, 2.75) is 6.92 Å². The van der Waals surface area contributed by atoms with Crippen LogP contribution in [-0.4, -0.2) is 13.1 Å². The standard InChI is InChI=1S/C7H10N2OS/c1-5-3-4-11-6(5)9(2)7(8)10/h3-4H,1-2H3,(H2,8,10). The second kappa shape index (κ2) is 2.92. The molecule has 0 atom stereocenters. The second-order valence-electron chi connectivity index (χ2n) is 2.31. The molecule has 60 valence electrons. The molecule has 0 aromatic carbocycles. The SMILES string of the molecule is Cc1ccsc1N(C)C(N)=O. The fourth-order valence-electron chi connectivity index (χ4n) is 0.808. The Kier molecular flexibility index (Phi) is 2.14. The molecular formula is C7H10N2OS. The number of nitrogens with zero attached hydrogens (tertiary/aromatic N) is 1. The number of hydrogen-bond donors (Lipinski definition) is 1. The average Bonchev–Trinajstić information content (AvgIpc) is 2.33. The smallest absolute Gasteiger partial charge is 0.319 e. The molecule has 3 nitrogen and oxygen atoms in total. The number of aryl methyl sites for hydroxylation is 1. The van der Waals surface area contributed by atoms with E-state index in [0.29, 0.717) is 0 Å². The summed E-state index contributed by atoms with van der Waals surface area (Å²) in [5.74, 6) is 0. The van der Waals surface area contributed by atoms with Crippen molar-refractivity contribution < 1.29 is 4.79 Å². The monoisotopic (exact) mass is 170 g/mol. The van der Waals surface area contributed by atoms with E-state index >= 15 is 0 Å². The van der Waals surface area contributed by atoms with Crippen LogP contribution in [0.4, 0.5) is 9.80 Å². The van der Waals surface area contributed by atoms with Crippen molar-refractivity contribution in [1.82, 2.24) is 0 Å². The Morgan fingerprint density at radius 2 is 2.36 bits per heavy atom. The zero-order valence-electron chi connectivity index (χ0n) is 6.50. The topological polar surface area (TPSA) is 46.3 Å². The van der Waals surface area contributed by atoms with Crippen LogP contribution in [0.3, 0.4) is 0 Å². The fourth-order valence-corrected chi connectivity index (χ4v) is 1.71. The number of primary amides is 1.